The molecule has 13 heavy (non-hydrogen) atoms. The topological polar surface area (TPSA) is 57.6 Å². The number of likely N-dealkylation sites (tertiary alicyclic amines) is 1. The third-order valence-electron chi connectivity index (χ3n) is 2.30. The number of Topliss-reactive ketones (excluding diaryl/α,β-unsaturated/α-hetero) is 1. The molecule has 0 aromatic heterocycles. The van der Waals surface area contributed by atoms with Crippen LogP contribution in [0.3, 0.4) is 0 Å². The van der Waals surface area contributed by atoms with Crippen LogP contribution in [0.1, 0.15) is 19.8 Å². The van der Waals surface area contributed by atoms with Crippen molar-refractivity contribution in [3.63, 3.8) is 0 Å². The Bertz CT molecular complexity index is 215. The van der Waals surface area contributed by atoms with Crippen LogP contribution >= 0.6 is 0 Å². The lowest BCUT2D eigenvalue weighted by Gasteiger charge is -2.29. The smallest absolute Gasteiger partial charge is 0.307 e. The summed E-state index contributed by atoms with van der Waals surface area (Å²) in [5, 5.41) is 8.78. The monoisotopic (exact) mass is 185 g/mol. The second-order valence-corrected chi connectivity index (χ2v) is 3.61. The van der Waals surface area contributed by atoms with Crippen LogP contribution in [0.2, 0.25) is 0 Å². The first-order chi connectivity index (χ1) is 6.09. The van der Waals surface area contributed by atoms with E-state index in [9.17, 15) is 9.59 Å². The van der Waals surface area contributed by atoms with Crippen molar-refractivity contribution in [1.29, 1.82) is 0 Å². The fourth-order valence-corrected chi connectivity index (χ4v) is 1.72. The molecule has 1 aliphatic heterocycles. The maximum absolute atomic E-state index is 10.8. The Morgan fingerprint density at radius 2 is 2.23 bits per heavy atom. The summed E-state index contributed by atoms with van der Waals surface area (Å²) in [6, 6.07) is 0. The third kappa shape index (κ3) is 3.14. The van der Waals surface area contributed by atoms with Gasteiger partial charge in [-0.15, -0.1) is 0 Å². The number of nitrogens with zero attached hydrogens (tertiary/aromatic N) is 1. The van der Waals surface area contributed by atoms with Gasteiger partial charge in [-0.05, 0) is 26.3 Å². The van der Waals surface area contributed by atoms with Gasteiger partial charge in [-0.1, -0.05) is 0 Å². The predicted molar refractivity (Wildman–Crippen MR) is 47.5 cm³/mol. The van der Waals surface area contributed by atoms with E-state index in [4.69, 9.17) is 5.11 Å². The van der Waals surface area contributed by atoms with Gasteiger partial charge in [-0.2, -0.15) is 0 Å². The SMILES string of the molecule is CC(=O)CN1CCC[C@@H](C(=O)O)C1. The molecule has 4 heteroatoms. The van der Waals surface area contributed by atoms with Gasteiger partial charge in [-0.3, -0.25) is 14.5 Å². The van der Waals surface area contributed by atoms with Crippen LogP contribution in [0.15, 0.2) is 0 Å². The van der Waals surface area contributed by atoms with E-state index in [1.165, 1.54) is 6.92 Å². The van der Waals surface area contributed by atoms with Crippen molar-refractivity contribution >= 4 is 11.8 Å². The summed E-state index contributed by atoms with van der Waals surface area (Å²) in [7, 11) is 0. The first kappa shape index (κ1) is 10.2. The lowest BCUT2D eigenvalue weighted by atomic mass is 9.98. The molecule has 1 atom stereocenters. The van der Waals surface area contributed by atoms with Crippen LogP contribution in [-0.2, 0) is 9.59 Å². The highest BCUT2D eigenvalue weighted by molar-refractivity contribution is 5.77. The zero-order chi connectivity index (χ0) is 9.84. The molecule has 0 bridgehead atoms. The average Bonchev–Trinajstić information content (AvgIpc) is 2.03. The van der Waals surface area contributed by atoms with Crippen LogP contribution in [0.4, 0.5) is 0 Å². The molecule has 1 rings (SSSR count). The molecule has 0 aromatic rings. The van der Waals surface area contributed by atoms with Gasteiger partial charge in [0.2, 0.25) is 0 Å². The van der Waals surface area contributed by atoms with Crippen molar-refractivity contribution in [2.75, 3.05) is 19.6 Å². The Labute approximate surface area is 77.5 Å². The highest BCUT2D eigenvalue weighted by Crippen LogP contribution is 2.15. The number of carbonyl (C=O) groups excluding carboxylic acids is 1. The third-order valence-corrected chi connectivity index (χ3v) is 2.30. The van der Waals surface area contributed by atoms with Crippen molar-refractivity contribution in [3.8, 4) is 0 Å². The molecule has 1 heterocycles. The Morgan fingerprint density at radius 1 is 1.54 bits per heavy atom. The molecule has 0 aromatic carbocycles. The summed E-state index contributed by atoms with van der Waals surface area (Å²) >= 11 is 0. The summed E-state index contributed by atoms with van der Waals surface area (Å²) in [6.45, 7) is 3.30. The van der Waals surface area contributed by atoms with E-state index >= 15 is 0 Å². The van der Waals surface area contributed by atoms with E-state index in [1.54, 1.807) is 0 Å². The number of piperidine rings is 1. The maximum Gasteiger partial charge on any atom is 0.307 e. The molecule has 1 saturated heterocycles. The second kappa shape index (κ2) is 4.37. The molecule has 1 aliphatic rings. The Hall–Kier alpha value is -0.900. The van der Waals surface area contributed by atoms with E-state index in [0.717, 1.165) is 19.4 Å². The summed E-state index contributed by atoms with van der Waals surface area (Å²) in [6.07, 6.45) is 1.62. The highest BCUT2D eigenvalue weighted by Gasteiger charge is 2.25. The number of carbonyl (C=O) groups is 2. The number of aliphatic carboxylic acids is 1. The number of hydrogen-bond donors (Lipinski definition) is 1. The minimum Gasteiger partial charge on any atom is -0.481 e. The minimum absolute atomic E-state index is 0.103. The average molecular weight is 185 g/mol. The maximum atomic E-state index is 10.8. The first-order valence-electron chi connectivity index (χ1n) is 4.54. The van der Waals surface area contributed by atoms with E-state index < -0.39 is 5.97 Å². The van der Waals surface area contributed by atoms with Crippen LogP contribution < -0.4 is 0 Å². The van der Waals surface area contributed by atoms with Crippen molar-refractivity contribution < 1.29 is 14.7 Å². The molecule has 0 saturated carbocycles. The zero-order valence-electron chi connectivity index (χ0n) is 7.82. The molecule has 0 aliphatic carbocycles. The predicted octanol–water partition coefficient (Wildman–Crippen LogP) is 0.372. The Morgan fingerprint density at radius 3 is 2.77 bits per heavy atom. The first-order valence-corrected chi connectivity index (χ1v) is 4.54. The van der Waals surface area contributed by atoms with Crippen LogP contribution in [0.25, 0.3) is 0 Å². The molecule has 0 unspecified atom stereocenters. The highest BCUT2D eigenvalue weighted by atomic mass is 16.4. The van der Waals surface area contributed by atoms with E-state index in [-0.39, 0.29) is 11.7 Å². The van der Waals surface area contributed by atoms with Gasteiger partial charge in [-0.25, -0.2) is 0 Å². The van der Waals surface area contributed by atoms with Gasteiger partial charge >= 0.3 is 5.97 Å². The fourth-order valence-electron chi connectivity index (χ4n) is 1.72. The standard InChI is InChI=1S/C9H15NO3/c1-7(11)5-10-4-2-3-8(6-10)9(12)13/h8H,2-6H2,1H3,(H,12,13)/t8-/m1/s1. The Balaban J connectivity index is 2.41. The quantitative estimate of drug-likeness (QED) is 0.690. The fraction of sp³-hybridized carbons (Fsp3) is 0.778. The van der Waals surface area contributed by atoms with E-state index in [2.05, 4.69) is 0 Å². The largest absolute Gasteiger partial charge is 0.481 e. The summed E-state index contributed by atoms with van der Waals surface area (Å²) in [4.78, 5) is 23.4. The normalized spacial score (nSPS) is 24.2. The summed E-state index contributed by atoms with van der Waals surface area (Å²) in [5.41, 5.74) is 0. The van der Waals surface area contributed by atoms with Crippen LogP contribution in [0, 0.1) is 5.92 Å². The van der Waals surface area contributed by atoms with Gasteiger partial charge in [0.05, 0.1) is 12.5 Å². The van der Waals surface area contributed by atoms with E-state index in [0.29, 0.717) is 13.1 Å². The van der Waals surface area contributed by atoms with Crippen LogP contribution in [-0.4, -0.2) is 41.4 Å². The van der Waals surface area contributed by atoms with Crippen molar-refractivity contribution in [2.45, 2.75) is 19.8 Å². The summed E-state index contributed by atoms with van der Waals surface area (Å²) in [5.74, 6) is -0.924. The van der Waals surface area contributed by atoms with Crippen molar-refractivity contribution in [1.82, 2.24) is 4.90 Å². The number of carboxylic acid groups (broad SMARTS) is 1. The van der Waals surface area contributed by atoms with Gasteiger partial charge in [0.15, 0.2) is 0 Å². The molecular formula is C9H15NO3. The molecule has 4 nitrogen and oxygen atoms in total. The number of hydrogen-bond acceptors (Lipinski definition) is 3. The van der Waals surface area contributed by atoms with E-state index in [1.807, 2.05) is 4.90 Å². The number of carboxylic acids is 1. The van der Waals surface area contributed by atoms with Crippen molar-refractivity contribution in [2.24, 2.45) is 5.92 Å². The molecule has 0 amide bonds. The number of ketones is 1. The van der Waals surface area contributed by atoms with Gasteiger partial charge in [0, 0.05) is 6.54 Å². The molecular weight excluding hydrogens is 170 g/mol. The van der Waals surface area contributed by atoms with Gasteiger partial charge in [0.1, 0.15) is 5.78 Å². The summed E-state index contributed by atoms with van der Waals surface area (Å²) < 4.78 is 0. The molecule has 0 spiro atoms. The second-order valence-electron chi connectivity index (χ2n) is 3.61. The van der Waals surface area contributed by atoms with Crippen LogP contribution in [0.5, 0.6) is 0 Å². The molecule has 1 fully saturated rings. The molecule has 74 valence electrons. The molecule has 0 radical (unpaired) electrons. The lowest BCUT2D eigenvalue weighted by Crippen LogP contribution is -2.40. The lowest BCUT2D eigenvalue weighted by molar-refractivity contribution is -0.144. The Kier molecular flexibility index (Phi) is 3.42. The number of rotatable bonds is 3. The van der Waals surface area contributed by atoms with Crippen molar-refractivity contribution in [3.05, 3.63) is 0 Å². The van der Waals surface area contributed by atoms with Gasteiger partial charge < -0.3 is 5.11 Å². The zero-order valence-corrected chi connectivity index (χ0v) is 7.82. The van der Waals surface area contributed by atoms with Gasteiger partial charge in [0.25, 0.3) is 0 Å². The minimum atomic E-state index is -0.742. The molecule has 1 N–H and O–H groups in total.